The second-order valence-corrected chi connectivity index (χ2v) is 7.02. The minimum Gasteiger partial charge on any atom is -0.339 e. The molecule has 0 spiro atoms. The highest BCUT2D eigenvalue weighted by Crippen LogP contribution is 2.40. The third kappa shape index (κ3) is 4.74. The van der Waals surface area contributed by atoms with E-state index in [0.29, 0.717) is 18.4 Å². The Kier molecular flexibility index (Phi) is 5.73. The van der Waals surface area contributed by atoms with Crippen molar-refractivity contribution in [1.29, 1.82) is 10.7 Å². The van der Waals surface area contributed by atoms with Crippen LogP contribution in [-0.2, 0) is 0 Å². The summed E-state index contributed by atoms with van der Waals surface area (Å²) in [6.07, 6.45) is -1.23. The number of rotatable bonds is 6. The highest BCUT2D eigenvalue weighted by molar-refractivity contribution is 6.11. The molecule has 3 N–H and O–H groups in total. The van der Waals surface area contributed by atoms with Crippen LogP contribution in [0.3, 0.4) is 0 Å². The molecule has 6 nitrogen and oxygen atoms in total. The molecule has 0 aliphatic heterocycles. The van der Waals surface area contributed by atoms with Gasteiger partial charge in [-0.05, 0) is 55.5 Å². The molecule has 1 unspecified atom stereocenters. The van der Waals surface area contributed by atoms with Gasteiger partial charge in [0.2, 0.25) is 0 Å². The molecule has 0 bridgehead atoms. The number of aromatic nitrogens is 2. The average molecular weight is 419 g/mol. The van der Waals surface area contributed by atoms with E-state index >= 15 is 0 Å². The fourth-order valence-corrected chi connectivity index (χ4v) is 2.96. The maximum atomic E-state index is 13.3. The molecule has 1 aromatic carbocycles. The molecule has 1 fully saturated rings. The number of nitriles is 1. The molecule has 0 saturated heterocycles. The largest absolute Gasteiger partial charge is 0.408 e. The Morgan fingerprint density at radius 1 is 1.43 bits per heavy atom. The Morgan fingerprint density at radius 2 is 2.13 bits per heavy atom. The molecule has 10 heteroatoms. The van der Waals surface area contributed by atoms with Crippen molar-refractivity contribution in [2.24, 2.45) is 5.92 Å². The van der Waals surface area contributed by atoms with Crippen molar-refractivity contribution in [2.75, 3.05) is 0 Å². The van der Waals surface area contributed by atoms with Crippen LogP contribution >= 0.6 is 0 Å². The zero-order chi connectivity index (χ0) is 22.1. The van der Waals surface area contributed by atoms with E-state index in [0.717, 1.165) is 18.3 Å². The van der Waals surface area contributed by atoms with E-state index in [2.05, 4.69) is 9.97 Å². The molecule has 30 heavy (non-hydrogen) atoms. The van der Waals surface area contributed by atoms with Gasteiger partial charge >= 0.3 is 6.18 Å². The molecule has 156 valence electrons. The van der Waals surface area contributed by atoms with Crippen LogP contribution in [0.2, 0.25) is 0 Å². The number of imidazole rings is 1. The highest BCUT2D eigenvalue weighted by atomic mass is 19.4. The molecular weight excluding hydrogens is 402 g/mol. The van der Waals surface area contributed by atoms with Gasteiger partial charge in [0.25, 0.3) is 5.91 Å². The van der Waals surface area contributed by atoms with E-state index < -0.39 is 29.9 Å². The van der Waals surface area contributed by atoms with Gasteiger partial charge < -0.3 is 15.7 Å². The normalized spacial score (nSPS) is 15.4. The second kappa shape index (κ2) is 8.10. The van der Waals surface area contributed by atoms with E-state index in [4.69, 9.17) is 10.7 Å². The minimum absolute atomic E-state index is 0.0122. The van der Waals surface area contributed by atoms with Crippen LogP contribution in [0, 0.1) is 28.5 Å². The zero-order valence-electron chi connectivity index (χ0n) is 15.8. The summed E-state index contributed by atoms with van der Waals surface area (Å²) < 4.78 is 52.5. The number of nitrogens with one attached hydrogen (secondary N) is 3. The summed E-state index contributed by atoms with van der Waals surface area (Å²) in [6.45, 7) is 1.58. The van der Waals surface area contributed by atoms with Crippen LogP contribution in [-0.4, -0.2) is 33.8 Å². The predicted molar refractivity (Wildman–Crippen MR) is 100 cm³/mol. The smallest absolute Gasteiger partial charge is 0.339 e. The molecule has 1 saturated carbocycles. The van der Waals surface area contributed by atoms with Crippen molar-refractivity contribution in [3.63, 3.8) is 0 Å². The monoisotopic (exact) mass is 419 g/mol. The zero-order valence-corrected chi connectivity index (χ0v) is 15.8. The Morgan fingerprint density at radius 3 is 2.73 bits per heavy atom. The van der Waals surface area contributed by atoms with E-state index in [1.165, 1.54) is 12.1 Å². The maximum Gasteiger partial charge on any atom is 0.408 e. The number of aromatic amines is 1. The molecular formula is C20H17F4N5O. The van der Waals surface area contributed by atoms with Gasteiger partial charge in [0, 0.05) is 5.56 Å². The van der Waals surface area contributed by atoms with Crippen molar-refractivity contribution in [2.45, 2.75) is 32.0 Å². The number of hydrogen-bond acceptors (Lipinski definition) is 4. The van der Waals surface area contributed by atoms with Gasteiger partial charge in [-0.25, -0.2) is 9.37 Å². The first-order valence-electron chi connectivity index (χ1n) is 9.00. The van der Waals surface area contributed by atoms with Crippen LogP contribution in [0.4, 0.5) is 17.6 Å². The van der Waals surface area contributed by atoms with Gasteiger partial charge in [-0.2, -0.15) is 18.4 Å². The van der Waals surface area contributed by atoms with E-state index in [-0.39, 0.29) is 28.4 Å². The quantitative estimate of drug-likeness (QED) is 0.487. The Bertz CT molecular complexity index is 1060. The summed E-state index contributed by atoms with van der Waals surface area (Å²) in [4.78, 5) is 18.8. The van der Waals surface area contributed by atoms with Crippen molar-refractivity contribution < 1.29 is 22.4 Å². The molecule has 1 aromatic heterocycles. The summed E-state index contributed by atoms with van der Waals surface area (Å²) in [7, 11) is 0. The summed E-state index contributed by atoms with van der Waals surface area (Å²) >= 11 is 0. The van der Waals surface area contributed by atoms with Gasteiger partial charge in [0.15, 0.2) is 0 Å². The molecule has 0 radical (unpaired) electrons. The average Bonchev–Trinajstić information content (AvgIpc) is 3.38. The number of allylic oxidation sites excluding steroid dienone is 2. The van der Waals surface area contributed by atoms with E-state index in [1.54, 1.807) is 6.92 Å². The molecule has 1 aliphatic carbocycles. The molecule has 1 amide bonds. The summed E-state index contributed by atoms with van der Waals surface area (Å²) in [5.41, 5.74) is 0.375. The summed E-state index contributed by atoms with van der Waals surface area (Å²) in [5.74, 6) is -1.95. The standard InChI is InChI=1S/C20H17F4N5O/c1-10(6-15(26)14-5-4-13(21)7-12(14)8-25)18-27-9-16(28-18)19(30)29-17(11-2-3-11)20(22,23)24/h4-7,9,11,17,26H,2-3H2,1H3,(H,27,28)(H,29,30)/b10-6-,26-15?. The van der Waals surface area contributed by atoms with Crippen LogP contribution in [0.5, 0.6) is 0 Å². The number of hydrogen-bond donors (Lipinski definition) is 3. The lowest BCUT2D eigenvalue weighted by atomic mass is 10.0. The molecule has 2 aromatic rings. The number of amides is 1. The predicted octanol–water partition coefficient (Wildman–Crippen LogP) is 3.96. The van der Waals surface area contributed by atoms with Crippen molar-refractivity contribution >= 4 is 17.2 Å². The van der Waals surface area contributed by atoms with Gasteiger partial charge in [-0.15, -0.1) is 0 Å². The number of nitrogens with zero attached hydrogens (tertiary/aromatic N) is 2. The Labute approximate surface area is 169 Å². The number of alkyl halides is 3. The van der Waals surface area contributed by atoms with Gasteiger partial charge in [0.05, 0.1) is 23.5 Å². The third-order valence-corrected chi connectivity index (χ3v) is 4.68. The van der Waals surface area contributed by atoms with Gasteiger partial charge in [-0.3, -0.25) is 4.79 Å². The van der Waals surface area contributed by atoms with E-state index in [9.17, 15) is 22.4 Å². The lowest BCUT2D eigenvalue weighted by Crippen LogP contribution is -2.47. The fraction of sp³-hybridized carbons (Fsp3) is 0.300. The van der Waals surface area contributed by atoms with Crippen molar-refractivity contribution in [1.82, 2.24) is 15.3 Å². The van der Waals surface area contributed by atoms with Crippen LogP contribution in [0.15, 0.2) is 30.5 Å². The molecule has 1 atom stereocenters. The van der Waals surface area contributed by atoms with Gasteiger partial charge in [0.1, 0.15) is 23.4 Å². The number of H-pyrrole nitrogens is 1. The van der Waals surface area contributed by atoms with Crippen LogP contribution in [0.25, 0.3) is 5.57 Å². The van der Waals surface area contributed by atoms with Crippen LogP contribution < -0.4 is 5.32 Å². The minimum atomic E-state index is -4.53. The van der Waals surface area contributed by atoms with Crippen molar-refractivity contribution in [3.8, 4) is 6.07 Å². The maximum absolute atomic E-state index is 13.3. The summed E-state index contributed by atoms with van der Waals surface area (Å²) in [5, 5.41) is 19.2. The summed E-state index contributed by atoms with van der Waals surface area (Å²) in [6, 6.07) is 3.36. The van der Waals surface area contributed by atoms with E-state index in [1.807, 2.05) is 11.4 Å². The van der Waals surface area contributed by atoms with Gasteiger partial charge in [-0.1, -0.05) is 0 Å². The highest BCUT2D eigenvalue weighted by Gasteiger charge is 2.49. The van der Waals surface area contributed by atoms with Crippen molar-refractivity contribution in [3.05, 3.63) is 58.9 Å². The first-order chi connectivity index (χ1) is 14.1. The first kappa shape index (κ1) is 21.2. The SMILES string of the molecule is C/C(=C/C(=N)c1ccc(F)cc1C#N)c1ncc(C(=O)NC(C2CC2)C(F)(F)F)[nH]1. The molecule has 1 aliphatic rings. The number of halogens is 4. The lowest BCUT2D eigenvalue weighted by Gasteiger charge is -2.20. The Balaban J connectivity index is 1.76. The second-order valence-electron chi connectivity index (χ2n) is 7.02. The number of carbonyl (C=O) groups excluding carboxylic acids is 1. The first-order valence-corrected chi connectivity index (χ1v) is 9.00. The molecule has 1 heterocycles. The number of carbonyl (C=O) groups is 1. The molecule has 3 rings (SSSR count). The Hall–Kier alpha value is -3.48. The number of benzene rings is 1. The third-order valence-electron chi connectivity index (χ3n) is 4.68. The lowest BCUT2D eigenvalue weighted by molar-refractivity contribution is -0.158. The topological polar surface area (TPSA) is 105 Å². The van der Waals surface area contributed by atoms with Crippen LogP contribution in [0.1, 0.15) is 47.2 Å². The fourth-order valence-electron chi connectivity index (χ4n) is 2.96.